The molecule has 0 saturated heterocycles. The highest BCUT2D eigenvalue weighted by molar-refractivity contribution is 7.00. The van der Waals surface area contributed by atoms with Crippen molar-refractivity contribution in [3.05, 3.63) is 58.2 Å². The van der Waals surface area contributed by atoms with E-state index < -0.39 is 75.2 Å². The summed E-state index contributed by atoms with van der Waals surface area (Å²) in [6.45, 7) is 1.22. The zero-order chi connectivity index (χ0) is 19.4. The monoisotopic (exact) mass is 375 g/mol. The lowest BCUT2D eigenvalue weighted by Crippen LogP contribution is -2.59. The smallest absolute Gasteiger partial charge is 0.200 e. The quantitative estimate of drug-likeness (QED) is 0.323. The van der Waals surface area contributed by atoms with Crippen LogP contribution in [0.2, 0.25) is 13.6 Å². The van der Waals surface area contributed by atoms with Crippen LogP contribution in [0.1, 0.15) is 0 Å². The topological polar surface area (TPSA) is 0 Å². The lowest BCUT2D eigenvalue weighted by Gasteiger charge is -2.34. The Balaban J connectivity index is 2.96. The molecule has 0 N–H and O–H groups in total. The third-order valence-corrected chi connectivity index (χ3v) is 3.93. The van der Waals surface area contributed by atoms with E-state index in [4.69, 9.17) is 0 Å². The molecule has 2 rings (SSSR count). The summed E-state index contributed by atoms with van der Waals surface area (Å²) >= 11 is 0. The van der Waals surface area contributed by atoms with E-state index in [1.54, 1.807) is 0 Å². The number of hydrogen-bond donors (Lipinski definition) is 0. The van der Waals surface area contributed by atoms with E-state index in [0.717, 1.165) is 0 Å². The van der Waals surface area contributed by atoms with Gasteiger partial charge in [-0.2, -0.15) is 13.6 Å². The maximum Gasteiger partial charge on any atom is 0.200 e. The lowest BCUT2D eigenvalue weighted by atomic mass is 9.21. The van der Waals surface area contributed by atoms with E-state index >= 15 is 0 Å². The Labute approximate surface area is 134 Å². The van der Waals surface area contributed by atoms with Crippen LogP contribution in [0.3, 0.4) is 0 Å². The highest BCUT2D eigenvalue weighted by Crippen LogP contribution is 2.24. The van der Waals surface area contributed by atoms with Crippen molar-refractivity contribution >= 4 is 17.1 Å². The first-order valence-corrected chi connectivity index (χ1v) is 6.62. The summed E-state index contributed by atoms with van der Waals surface area (Å²) in [5.41, 5.74) is -3.36. The molecule has 2 aromatic carbocycles. The van der Waals surface area contributed by atoms with Crippen LogP contribution in [0.4, 0.5) is 43.9 Å². The van der Waals surface area contributed by atoms with Crippen molar-refractivity contribution in [3.63, 3.8) is 0 Å². The fourth-order valence-electron chi connectivity index (χ4n) is 2.66. The number of benzene rings is 2. The maximum absolute atomic E-state index is 13.9. The second-order valence-electron chi connectivity index (χ2n) is 5.84. The van der Waals surface area contributed by atoms with E-state index in [1.165, 1.54) is 0 Å². The summed E-state index contributed by atoms with van der Waals surface area (Å²) < 4.78 is 135. The molecule has 0 atom stereocenters. The van der Waals surface area contributed by atoms with Crippen molar-refractivity contribution in [3.8, 4) is 0 Å². The maximum atomic E-state index is 13.9. The first-order valence-electron chi connectivity index (χ1n) is 6.62. The van der Waals surface area contributed by atoms with Gasteiger partial charge in [-0.1, -0.05) is 0 Å². The van der Waals surface area contributed by atoms with E-state index in [9.17, 15) is 43.9 Å². The van der Waals surface area contributed by atoms with Crippen LogP contribution in [-0.2, 0) is 0 Å². The van der Waals surface area contributed by atoms with E-state index in [2.05, 4.69) is 0 Å². The predicted octanol–water partition coefficient (Wildman–Crippen LogP) is 3.90. The van der Waals surface area contributed by atoms with Gasteiger partial charge in [0.1, 0.15) is 23.3 Å². The van der Waals surface area contributed by atoms with E-state index in [0.29, 0.717) is 13.6 Å². The number of rotatable bonds is 2. The molecule has 0 radical (unpaired) electrons. The molecule has 0 nitrogen and oxygen atoms in total. The summed E-state index contributed by atoms with van der Waals surface area (Å²) in [5.74, 6) is -24.4. The normalized spacial score (nSPS) is 12.0. The average Bonchev–Trinajstić information content (AvgIpc) is 2.54. The molecular weight excluding hydrogens is 369 g/mol. The van der Waals surface area contributed by atoms with Gasteiger partial charge in [-0.3, -0.25) is 0 Å². The van der Waals surface area contributed by atoms with Crippen molar-refractivity contribution in [1.82, 2.24) is 0 Å². The first-order chi connectivity index (χ1) is 11.4. The molecule has 0 spiro atoms. The molecule has 0 aliphatic carbocycles. The van der Waals surface area contributed by atoms with Gasteiger partial charge in [-0.15, -0.1) is 10.9 Å². The number of halogens is 10. The Morgan fingerprint density at radius 3 is 0.720 bits per heavy atom. The molecule has 2 aromatic rings. The van der Waals surface area contributed by atoms with Gasteiger partial charge in [0.05, 0.1) is 6.15 Å². The van der Waals surface area contributed by atoms with Crippen molar-refractivity contribution in [1.29, 1.82) is 0 Å². The van der Waals surface area contributed by atoms with Gasteiger partial charge in [0.15, 0.2) is 34.9 Å². The third kappa shape index (κ3) is 2.56. The Hall–Kier alpha value is -2.20. The SMILES string of the molecule is C[B-](C)(c1c(F)c(F)c(F)c(F)c1F)c1c(F)c(F)c(F)c(F)c1F. The molecule has 0 saturated carbocycles. The van der Waals surface area contributed by atoms with Gasteiger partial charge >= 0.3 is 0 Å². The molecular formula is C14H6BF10-. The second-order valence-corrected chi connectivity index (χ2v) is 5.84. The van der Waals surface area contributed by atoms with Crippen LogP contribution in [0, 0.1) is 58.2 Å². The van der Waals surface area contributed by atoms with Crippen LogP contribution < -0.4 is 10.9 Å². The Kier molecular flexibility index (Phi) is 4.56. The zero-order valence-corrected chi connectivity index (χ0v) is 12.4. The minimum absolute atomic E-state index is 0.608. The summed E-state index contributed by atoms with van der Waals surface area (Å²) in [6.07, 6.45) is -3.61. The molecule has 11 heteroatoms. The molecule has 0 fully saturated rings. The lowest BCUT2D eigenvalue weighted by molar-refractivity contribution is 0.381. The first kappa shape index (κ1) is 19.1. The Morgan fingerprint density at radius 2 is 0.520 bits per heavy atom. The fraction of sp³-hybridized carbons (Fsp3) is 0.143. The van der Waals surface area contributed by atoms with Gasteiger partial charge in [0, 0.05) is 0 Å². The summed E-state index contributed by atoms with van der Waals surface area (Å²) in [6, 6.07) is 0. The van der Waals surface area contributed by atoms with Gasteiger partial charge in [-0.05, 0) is 0 Å². The van der Waals surface area contributed by atoms with Gasteiger partial charge in [0.2, 0.25) is 0 Å². The van der Waals surface area contributed by atoms with E-state index in [1.807, 2.05) is 0 Å². The minimum Gasteiger partial charge on any atom is -0.207 e. The van der Waals surface area contributed by atoms with Crippen LogP contribution in [0.25, 0.3) is 0 Å². The highest BCUT2D eigenvalue weighted by Gasteiger charge is 2.37. The average molecular weight is 375 g/mol. The Morgan fingerprint density at radius 1 is 0.360 bits per heavy atom. The molecule has 0 bridgehead atoms. The van der Waals surface area contributed by atoms with Crippen molar-refractivity contribution < 1.29 is 43.9 Å². The predicted molar refractivity (Wildman–Crippen MR) is 69.2 cm³/mol. The Bertz CT molecular complexity index is 761. The fourth-order valence-corrected chi connectivity index (χ4v) is 2.66. The molecule has 0 aliphatic heterocycles. The van der Waals surface area contributed by atoms with Crippen LogP contribution >= 0.6 is 0 Å². The molecule has 25 heavy (non-hydrogen) atoms. The summed E-state index contributed by atoms with van der Waals surface area (Å²) in [7, 11) is 0. The van der Waals surface area contributed by atoms with Crippen LogP contribution in [0.5, 0.6) is 0 Å². The largest absolute Gasteiger partial charge is 0.207 e. The molecule has 0 heterocycles. The zero-order valence-electron chi connectivity index (χ0n) is 12.4. The van der Waals surface area contributed by atoms with Gasteiger partial charge in [-0.25, -0.2) is 43.9 Å². The summed E-state index contributed by atoms with van der Waals surface area (Å²) in [5, 5.41) is 0. The molecule has 0 aromatic heterocycles. The van der Waals surface area contributed by atoms with Crippen LogP contribution in [0.15, 0.2) is 0 Å². The van der Waals surface area contributed by atoms with Gasteiger partial charge in [0.25, 0.3) is 0 Å². The van der Waals surface area contributed by atoms with Gasteiger partial charge < -0.3 is 0 Å². The third-order valence-electron chi connectivity index (χ3n) is 3.93. The molecule has 0 aliphatic rings. The summed E-state index contributed by atoms with van der Waals surface area (Å²) in [4.78, 5) is 0. The van der Waals surface area contributed by atoms with Crippen molar-refractivity contribution in [2.24, 2.45) is 0 Å². The minimum atomic E-state index is -3.61. The van der Waals surface area contributed by atoms with Crippen molar-refractivity contribution in [2.75, 3.05) is 0 Å². The second kappa shape index (κ2) is 5.96. The molecule has 0 amide bonds. The highest BCUT2D eigenvalue weighted by atomic mass is 19.2. The van der Waals surface area contributed by atoms with Crippen molar-refractivity contribution in [2.45, 2.75) is 13.6 Å². The number of hydrogen-bond acceptors (Lipinski definition) is 0. The van der Waals surface area contributed by atoms with Crippen LogP contribution in [-0.4, -0.2) is 6.15 Å². The standard InChI is InChI=1S/C14H6BF10/c1-15(2,3-5(16)9(20)13(24)10(21)6(3)17)4-7(18)11(22)14(25)12(23)8(4)19/h1-2H3/q-1. The van der Waals surface area contributed by atoms with E-state index in [-0.39, 0.29) is 0 Å². The molecule has 0 unspecified atom stereocenters. The molecule has 136 valence electrons.